The number of nitrogens with zero attached hydrogens (tertiary/aromatic N) is 2. The summed E-state index contributed by atoms with van der Waals surface area (Å²) >= 11 is 0. The van der Waals surface area contributed by atoms with Crippen LogP contribution in [0.5, 0.6) is 0 Å². The zero-order valence-electron chi connectivity index (χ0n) is 13.1. The van der Waals surface area contributed by atoms with Gasteiger partial charge in [0, 0.05) is 12.6 Å². The van der Waals surface area contributed by atoms with Gasteiger partial charge < -0.3 is 10.6 Å². The van der Waals surface area contributed by atoms with Crippen molar-refractivity contribution in [3.05, 3.63) is 12.4 Å². The highest BCUT2D eigenvalue weighted by atomic mass is 16.1. The molecular weight excluding hydrogens is 264 g/mol. The molecule has 1 aliphatic heterocycles. The van der Waals surface area contributed by atoms with Gasteiger partial charge in [-0.25, -0.2) is 0 Å². The van der Waals surface area contributed by atoms with E-state index in [2.05, 4.69) is 22.7 Å². The monoisotopic (exact) mass is 292 g/mol. The highest BCUT2D eigenvalue weighted by Crippen LogP contribution is 2.19. The molecular formula is C16H28N4O. The first kappa shape index (κ1) is 16.0. The molecule has 1 fully saturated rings. The van der Waals surface area contributed by atoms with Gasteiger partial charge >= 0.3 is 0 Å². The molecule has 2 rings (SSSR count). The van der Waals surface area contributed by atoms with Gasteiger partial charge in [-0.3, -0.25) is 9.48 Å². The molecule has 0 aromatic carbocycles. The number of amides is 1. The average molecular weight is 292 g/mol. The van der Waals surface area contributed by atoms with Gasteiger partial charge in [-0.05, 0) is 32.4 Å². The van der Waals surface area contributed by atoms with E-state index < -0.39 is 0 Å². The summed E-state index contributed by atoms with van der Waals surface area (Å²) in [6.45, 7) is 4.29. The van der Waals surface area contributed by atoms with Crippen LogP contribution in [0.25, 0.3) is 0 Å². The SMILES string of the molecule is CCCCCCCC(=O)Nc1cnn(C2CCNCC2)c1. The Hall–Kier alpha value is -1.36. The minimum absolute atomic E-state index is 0.108. The Morgan fingerprint density at radius 2 is 2.10 bits per heavy atom. The first-order chi connectivity index (χ1) is 10.3. The Morgan fingerprint density at radius 1 is 1.33 bits per heavy atom. The van der Waals surface area contributed by atoms with Gasteiger partial charge in [-0.2, -0.15) is 5.10 Å². The lowest BCUT2D eigenvalue weighted by Crippen LogP contribution is -2.29. The van der Waals surface area contributed by atoms with Crippen molar-refractivity contribution in [2.75, 3.05) is 18.4 Å². The lowest BCUT2D eigenvalue weighted by molar-refractivity contribution is -0.116. The molecule has 1 aromatic heterocycles. The van der Waals surface area contributed by atoms with E-state index in [0.29, 0.717) is 12.5 Å². The van der Waals surface area contributed by atoms with Gasteiger partial charge in [0.1, 0.15) is 0 Å². The van der Waals surface area contributed by atoms with Crippen molar-refractivity contribution in [3.63, 3.8) is 0 Å². The van der Waals surface area contributed by atoms with Crippen molar-refractivity contribution in [1.82, 2.24) is 15.1 Å². The van der Waals surface area contributed by atoms with Gasteiger partial charge in [0.25, 0.3) is 0 Å². The number of carbonyl (C=O) groups excluding carboxylic acids is 1. The molecule has 5 nitrogen and oxygen atoms in total. The number of nitrogens with one attached hydrogen (secondary N) is 2. The molecule has 118 valence electrons. The van der Waals surface area contributed by atoms with Crippen molar-refractivity contribution in [3.8, 4) is 0 Å². The van der Waals surface area contributed by atoms with E-state index in [-0.39, 0.29) is 5.91 Å². The maximum Gasteiger partial charge on any atom is 0.224 e. The maximum absolute atomic E-state index is 11.9. The second-order valence-electron chi connectivity index (χ2n) is 5.90. The molecule has 0 atom stereocenters. The third-order valence-electron chi connectivity index (χ3n) is 4.08. The molecule has 5 heteroatoms. The molecule has 2 heterocycles. The number of hydrogen-bond acceptors (Lipinski definition) is 3. The quantitative estimate of drug-likeness (QED) is 0.724. The van der Waals surface area contributed by atoms with E-state index in [0.717, 1.165) is 44.5 Å². The van der Waals surface area contributed by atoms with Crippen LogP contribution in [0, 0.1) is 0 Å². The third kappa shape index (κ3) is 5.50. The normalized spacial score (nSPS) is 16.0. The van der Waals surface area contributed by atoms with Crippen molar-refractivity contribution in [2.45, 2.75) is 64.3 Å². The third-order valence-corrected chi connectivity index (χ3v) is 4.08. The molecule has 0 spiro atoms. The summed E-state index contributed by atoms with van der Waals surface area (Å²) in [6, 6.07) is 0.464. The Labute approximate surface area is 127 Å². The first-order valence-corrected chi connectivity index (χ1v) is 8.34. The predicted octanol–water partition coefficient (Wildman–Crippen LogP) is 3.11. The highest BCUT2D eigenvalue weighted by Gasteiger charge is 2.16. The van der Waals surface area contributed by atoms with Crippen LogP contribution in [0.1, 0.15) is 64.3 Å². The maximum atomic E-state index is 11.9. The summed E-state index contributed by atoms with van der Waals surface area (Å²) in [5, 5.41) is 10.7. The number of anilines is 1. The first-order valence-electron chi connectivity index (χ1n) is 8.34. The Balaban J connectivity index is 1.70. The van der Waals surface area contributed by atoms with Crippen LogP contribution >= 0.6 is 0 Å². The molecule has 0 unspecified atom stereocenters. The van der Waals surface area contributed by atoms with Crippen LogP contribution in [-0.4, -0.2) is 28.8 Å². The van der Waals surface area contributed by atoms with E-state index in [1.54, 1.807) is 6.20 Å². The summed E-state index contributed by atoms with van der Waals surface area (Å²) in [7, 11) is 0. The number of carbonyl (C=O) groups is 1. The number of piperidine rings is 1. The van der Waals surface area contributed by atoms with E-state index in [1.165, 1.54) is 19.3 Å². The van der Waals surface area contributed by atoms with Gasteiger partial charge in [0.05, 0.1) is 17.9 Å². The fraction of sp³-hybridized carbons (Fsp3) is 0.750. The summed E-state index contributed by atoms with van der Waals surface area (Å²) < 4.78 is 2.00. The molecule has 0 bridgehead atoms. The summed E-state index contributed by atoms with van der Waals surface area (Å²) in [4.78, 5) is 11.9. The zero-order chi connectivity index (χ0) is 14.9. The lowest BCUT2D eigenvalue weighted by Gasteiger charge is -2.22. The molecule has 21 heavy (non-hydrogen) atoms. The summed E-state index contributed by atoms with van der Waals surface area (Å²) in [6.07, 6.45) is 12.4. The Bertz CT molecular complexity index is 424. The standard InChI is InChI=1S/C16H28N4O/c1-2-3-4-5-6-7-16(21)19-14-12-18-20(13-14)15-8-10-17-11-9-15/h12-13,15,17H,2-11H2,1H3,(H,19,21). The summed E-state index contributed by atoms with van der Waals surface area (Å²) in [5.41, 5.74) is 0.826. The fourth-order valence-corrected chi connectivity index (χ4v) is 2.79. The molecule has 0 saturated carbocycles. The highest BCUT2D eigenvalue weighted by molar-refractivity contribution is 5.90. The van der Waals surface area contributed by atoms with Gasteiger partial charge in [-0.1, -0.05) is 32.6 Å². The number of rotatable bonds is 8. The molecule has 0 aliphatic carbocycles. The smallest absolute Gasteiger partial charge is 0.224 e. The zero-order valence-corrected chi connectivity index (χ0v) is 13.1. The van der Waals surface area contributed by atoms with E-state index in [9.17, 15) is 4.79 Å². The van der Waals surface area contributed by atoms with Crippen LogP contribution in [0.4, 0.5) is 5.69 Å². The van der Waals surface area contributed by atoms with Crippen LogP contribution in [0.15, 0.2) is 12.4 Å². The van der Waals surface area contributed by atoms with Gasteiger partial charge in [0.15, 0.2) is 0 Å². The van der Waals surface area contributed by atoms with Crippen LogP contribution < -0.4 is 10.6 Å². The predicted molar refractivity (Wildman–Crippen MR) is 85.4 cm³/mol. The lowest BCUT2D eigenvalue weighted by atomic mass is 10.1. The number of hydrogen-bond donors (Lipinski definition) is 2. The number of aromatic nitrogens is 2. The van der Waals surface area contributed by atoms with Crippen molar-refractivity contribution >= 4 is 11.6 Å². The second kappa shape index (κ2) is 8.82. The second-order valence-corrected chi connectivity index (χ2v) is 5.90. The molecule has 1 amide bonds. The van der Waals surface area contributed by atoms with E-state index in [4.69, 9.17) is 0 Å². The minimum atomic E-state index is 0.108. The molecule has 1 aliphatic rings. The minimum Gasteiger partial charge on any atom is -0.323 e. The molecule has 0 radical (unpaired) electrons. The van der Waals surface area contributed by atoms with Gasteiger partial charge in [0.2, 0.25) is 5.91 Å². The summed E-state index contributed by atoms with van der Waals surface area (Å²) in [5.74, 6) is 0.108. The van der Waals surface area contributed by atoms with Gasteiger partial charge in [-0.15, -0.1) is 0 Å². The van der Waals surface area contributed by atoms with Crippen molar-refractivity contribution in [1.29, 1.82) is 0 Å². The van der Waals surface area contributed by atoms with Crippen LogP contribution in [0.3, 0.4) is 0 Å². The van der Waals surface area contributed by atoms with E-state index >= 15 is 0 Å². The molecule has 1 saturated heterocycles. The topological polar surface area (TPSA) is 59.0 Å². The Kier molecular flexibility index (Phi) is 6.73. The van der Waals surface area contributed by atoms with Crippen molar-refractivity contribution < 1.29 is 4.79 Å². The average Bonchev–Trinajstić information content (AvgIpc) is 2.96. The fourth-order valence-electron chi connectivity index (χ4n) is 2.79. The van der Waals surface area contributed by atoms with Crippen molar-refractivity contribution in [2.24, 2.45) is 0 Å². The molecule has 2 N–H and O–H groups in total. The molecule has 1 aromatic rings. The van der Waals surface area contributed by atoms with Crippen LogP contribution in [0.2, 0.25) is 0 Å². The Morgan fingerprint density at radius 3 is 2.86 bits per heavy atom. The largest absolute Gasteiger partial charge is 0.323 e. The van der Waals surface area contributed by atoms with Crippen LogP contribution in [-0.2, 0) is 4.79 Å². The van der Waals surface area contributed by atoms with E-state index in [1.807, 2.05) is 10.9 Å². The number of unbranched alkanes of at least 4 members (excludes halogenated alkanes) is 4.